The summed E-state index contributed by atoms with van der Waals surface area (Å²) in [7, 11) is 1.71. The molecule has 19 heavy (non-hydrogen) atoms. The van der Waals surface area contributed by atoms with E-state index in [1.807, 2.05) is 0 Å². The largest absolute Gasteiger partial charge is 0.497 e. The first-order valence-corrected chi connectivity index (χ1v) is 7.54. The minimum absolute atomic E-state index is 0.716. The number of methoxy groups -OCH3 is 1. The Labute approximate surface area is 118 Å². The SMILES string of the molecule is CCCC(C)C(CNCC)Cc1ccc(OC)cc1. The maximum absolute atomic E-state index is 5.21. The molecular weight excluding hydrogens is 234 g/mol. The summed E-state index contributed by atoms with van der Waals surface area (Å²) in [6, 6.07) is 8.50. The van der Waals surface area contributed by atoms with E-state index in [-0.39, 0.29) is 0 Å². The first-order valence-electron chi connectivity index (χ1n) is 7.54. The van der Waals surface area contributed by atoms with Crippen LogP contribution >= 0.6 is 0 Å². The molecule has 2 unspecified atom stereocenters. The lowest BCUT2D eigenvalue weighted by molar-refractivity contribution is 0.320. The van der Waals surface area contributed by atoms with Crippen molar-refractivity contribution in [2.45, 2.75) is 40.0 Å². The van der Waals surface area contributed by atoms with Gasteiger partial charge in [-0.1, -0.05) is 45.7 Å². The summed E-state index contributed by atoms with van der Waals surface area (Å²) in [5.74, 6) is 2.42. The maximum Gasteiger partial charge on any atom is 0.118 e. The smallest absolute Gasteiger partial charge is 0.118 e. The molecule has 2 heteroatoms. The van der Waals surface area contributed by atoms with Crippen LogP contribution in [-0.2, 0) is 6.42 Å². The molecule has 0 heterocycles. The maximum atomic E-state index is 5.21. The molecular formula is C17H29NO. The van der Waals surface area contributed by atoms with Gasteiger partial charge in [0.1, 0.15) is 5.75 Å². The van der Waals surface area contributed by atoms with Crippen LogP contribution in [0.15, 0.2) is 24.3 Å². The molecule has 0 aliphatic rings. The van der Waals surface area contributed by atoms with E-state index in [1.54, 1.807) is 7.11 Å². The first-order chi connectivity index (χ1) is 9.21. The summed E-state index contributed by atoms with van der Waals surface area (Å²) in [4.78, 5) is 0. The fourth-order valence-corrected chi connectivity index (χ4v) is 2.56. The number of hydrogen-bond donors (Lipinski definition) is 1. The molecule has 108 valence electrons. The molecule has 0 aliphatic carbocycles. The Morgan fingerprint density at radius 3 is 2.37 bits per heavy atom. The minimum atomic E-state index is 0.716. The Kier molecular flexibility index (Phi) is 7.57. The van der Waals surface area contributed by atoms with Gasteiger partial charge < -0.3 is 10.1 Å². The van der Waals surface area contributed by atoms with Gasteiger partial charge in [0.05, 0.1) is 7.11 Å². The third-order valence-electron chi connectivity index (χ3n) is 3.86. The molecule has 0 fully saturated rings. The van der Waals surface area contributed by atoms with E-state index in [4.69, 9.17) is 4.74 Å². The zero-order valence-corrected chi connectivity index (χ0v) is 12.9. The van der Waals surface area contributed by atoms with E-state index in [1.165, 1.54) is 18.4 Å². The van der Waals surface area contributed by atoms with Crippen molar-refractivity contribution in [3.63, 3.8) is 0 Å². The van der Waals surface area contributed by atoms with Crippen molar-refractivity contribution in [1.29, 1.82) is 0 Å². The lowest BCUT2D eigenvalue weighted by Crippen LogP contribution is -2.28. The van der Waals surface area contributed by atoms with Crippen LogP contribution in [0.4, 0.5) is 0 Å². The normalized spacial score (nSPS) is 14.1. The molecule has 0 saturated heterocycles. The van der Waals surface area contributed by atoms with Crippen molar-refractivity contribution in [2.75, 3.05) is 20.2 Å². The van der Waals surface area contributed by atoms with Gasteiger partial charge in [-0.3, -0.25) is 0 Å². The summed E-state index contributed by atoms with van der Waals surface area (Å²) in [5, 5.41) is 3.51. The van der Waals surface area contributed by atoms with Gasteiger partial charge in [0.2, 0.25) is 0 Å². The molecule has 1 aromatic rings. The Balaban J connectivity index is 2.63. The van der Waals surface area contributed by atoms with Crippen molar-refractivity contribution in [2.24, 2.45) is 11.8 Å². The molecule has 1 rings (SSSR count). The van der Waals surface area contributed by atoms with E-state index in [0.29, 0.717) is 5.92 Å². The quantitative estimate of drug-likeness (QED) is 0.729. The average Bonchev–Trinajstić information content (AvgIpc) is 2.44. The predicted octanol–water partition coefficient (Wildman–Crippen LogP) is 3.90. The Morgan fingerprint density at radius 2 is 1.84 bits per heavy atom. The van der Waals surface area contributed by atoms with Gasteiger partial charge in [-0.2, -0.15) is 0 Å². The van der Waals surface area contributed by atoms with Gasteiger partial charge in [0, 0.05) is 0 Å². The molecule has 2 atom stereocenters. The van der Waals surface area contributed by atoms with E-state index >= 15 is 0 Å². The summed E-state index contributed by atoms with van der Waals surface area (Å²) >= 11 is 0. The van der Waals surface area contributed by atoms with Crippen LogP contribution in [0.3, 0.4) is 0 Å². The molecule has 0 saturated carbocycles. The summed E-state index contributed by atoms with van der Waals surface area (Å²) in [5.41, 5.74) is 1.41. The molecule has 1 N–H and O–H groups in total. The summed E-state index contributed by atoms with van der Waals surface area (Å²) in [6.07, 6.45) is 3.73. The van der Waals surface area contributed by atoms with E-state index < -0.39 is 0 Å². The predicted molar refractivity (Wildman–Crippen MR) is 82.8 cm³/mol. The second kappa shape index (κ2) is 8.98. The molecule has 1 aromatic carbocycles. The molecule has 0 aromatic heterocycles. The van der Waals surface area contributed by atoms with Gasteiger partial charge in [-0.25, -0.2) is 0 Å². The van der Waals surface area contributed by atoms with Crippen LogP contribution in [0.2, 0.25) is 0 Å². The number of ether oxygens (including phenoxy) is 1. The van der Waals surface area contributed by atoms with Gasteiger partial charge in [-0.15, -0.1) is 0 Å². The number of benzene rings is 1. The van der Waals surface area contributed by atoms with Crippen molar-refractivity contribution in [3.8, 4) is 5.75 Å². The number of rotatable bonds is 9. The topological polar surface area (TPSA) is 21.3 Å². The van der Waals surface area contributed by atoms with E-state index in [0.717, 1.165) is 31.2 Å². The van der Waals surface area contributed by atoms with Crippen LogP contribution in [0.1, 0.15) is 39.2 Å². The zero-order chi connectivity index (χ0) is 14.1. The third-order valence-corrected chi connectivity index (χ3v) is 3.86. The molecule has 0 radical (unpaired) electrons. The fourth-order valence-electron chi connectivity index (χ4n) is 2.56. The summed E-state index contributed by atoms with van der Waals surface area (Å²) < 4.78 is 5.21. The lowest BCUT2D eigenvalue weighted by atomic mass is 9.85. The second-order valence-corrected chi connectivity index (χ2v) is 5.39. The first kappa shape index (κ1) is 16.0. The van der Waals surface area contributed by atoms with Gasteiger partial charge >= 0.3 is 0 Å². The van der Waals surface area contributed by atoms with Crippen molar-refractivity contribution in [3.05, 3.63) is 29.8 Å². The average molecular weight is 263 g/mol. The van der Waals surface area contributed by atoms with Crippen molar-refractivity contribution >= 4 is 0 Å². The Morgan fingerprint density at radius 1 is 1.16 bits per heavy atom. The Hall–Kier alpha value is -1.02. The minimum Gasteiger partial charge on any atom is -0.497 e. The van der Waals surface area contributed by atoms with Gasteiger partial charge in [-0.05, 0) is 49.0 Å². The van der Waals surface area contributed by atoms with Gasteiger partial charge in [0.15, 0.2) is 0 Å². The monoisotopic (exact) mass is 263 g/mol. The number of hydrogen-bond acceptors (Lipinski definition) is 2. The second-order valence-electron chi connectivity index (χ2n) is 5.39. The van der Waals surface area contributed by atoms with Crippen LogP contribution < -0.4 is 10.1 Å². The van der Waals surface area contributed by atoms with Gasteiger partial charge in [0.25, 0.3) is 0 Å². The third kappa shape index (κ3) is 5.65. The zero-order valence-electron chi connectivity index (χ0n) is 12.9. The number of nitrogens with one attached hydrogen (secondary N) is 1. The van der Waals surface area contributed by atoms with Crippen molar-refractivity contribution in [1.82, 2.24) is 5.32 Å². The molecule has 2 nitrogen and oxygen atoms in total. The van der Waals surface area contributed by atoms with E-state index in [2.05, 4.69) is 50.4 Å². The molecule has 0 aliphatic heterocycles. The highest BCUT2D eigenvalue weighted by Gasteiger charge is 2.16. The lowest BCUT2D eigenvalue weighted by Gasteiger charge is -2.24. The molecule has 0 amide bonds. The molecule has 0 bridgehead atoms. The fraction of sp³-hybridized carbons (Fsp3) is 0.647. The highest BCUT2D eigenvalue weighted by atomic mass is 16.5. The van der Waals surface area contributed by atoms with E-state index in [9.17, 15) is 0 Å². The van der Waals surface area contributed by atoms with Crippen LogP contribution in [0.25, 0.3) is 0 Å². The van der Waals surface area contributed by atoms with Crippen LogP contribution in [-0.4, -0.2) is 20.2 Å². The highest BCUT2D eigenvalue weighted by Crippen LogP contribution is 2.22. The van der Waals surface area contributed by atoms with Crippen molar-refractivity contribution < 1.29 is 4.74 Å². The molecule has 0 spiro atoms. The standard InChI is InChI=1S/C17H29NO/c1-5-7-14(3)16(13-18-6-2)12-15-8-10-17(19-4)11-9-15/h8-11,14,16,18H,5-7,12-13H2,1-4H3. The van der Waals surface area contributed by atoms with Crippen LogP contribution in [0.5, 0.6) is 5.75 Å². The highest BCUT2D eigenvalue weighted by molar-refractivity contribution is 5.27. The summed E-state index contributed by atoms with van der Waals surface area (Å²) in [6.45, 7) is 9.00. The Bertz CT molecular complexity index is 334. The van der Waals surface area contributed by atoms with Crippen LogP contribution in [0, 0.1) is 11.8 Å².